The van der Waals surface area contributed by atoms with Crippen LogP contribution in [0.5, 0.6) is 0 Å². The second-order valence-corrected chi connectivity index (χ2v) is 31.3. The molecule has 0 spiro atoms. The molecule has 0 aromatic carbocycles. The van der Waals surface area contributed by atoms with Crippen molar-refractivity contribution in [3.8, 4) is 0 Å². The Morgan fingerprint density at radius 2 is 1.17 bits per heavy atom. The van der Waals surface area contributed by atoms with Gasteiger partial charge in [-0.05, 0) is 132 Å². The molecule has 13 amide bonds. The maximum Gasteiger partial charge on any atom is 0.329 e. The molecule has 1 saturated carbocycles. The first kappa shape index (κ1) is 89.6. The molecular formula is C75H128N14O16. The molecule has 19 atom stereocenters. The number of carbonyl (C=O) groups excluding carboxylic acids is 14. The predicted octanol–water partition coefficient (Wildman–Crippen LogP) is 2.27. The molecule has 594 valence electrons. The summed E-state index contributed by atoms with van der Waals surface area (Å²) in [5, 5.41) is 40.9. The number of fused-ring (bicyclic) bond motifs is 3. The number of carbonyl (C=O) groups is 14. The number of esters is 1. The van der Waals surface area contributed by atoms with Gasteiger partial charge in [-0.1, -0.05) is 149 Å². The Bertz CT molecular complexity index is 3070. The highest BCUT2D eigenvalue weighted by atomic mass is 16.5. The van der Waals surface area contributed by atoms with Crippen molar-refractivity contribution >= 4 is 82.8 Å². The summed E-state index contributed by atoms with van der Waals surface area (Å²) in [6.45, 7) is 32.1. The highest BCUT2D eigenvalue weighted by Gasteiger charge is 2.51. The largest absolute Gasteiger partial charge is 0.458 e. The van der Waals surface area contributed by atoms with E-state index in [2.05, 4.69) is 58.5 Å². The molecule has 1 aliphatic carbocycles. The van der Waals surface area contributed by atoms with Crippen LogP contribution in [-0.2, 0) is 71.9 Å². The van der Waals surface area contributed by atoms with Gasteiger partial charge < -0.3 is 83.9 Å². The second kappa shape index (κ2) is 42.0. The minimum Gasteiger partial charge on any atom is -0.458 e. The summed E-state index contributed by atoms with van der Waals surface area (Å²) in [4.78, 5) is 205. The number of allylic oxidation sites excluding steroid dienone is 1. The van der Waals surface area contributed by atoms with E-state index in [-0.39, 0.29) is 74.7 Å². The zero-order valence-corrected chi connectivity index (χ0v) is 65.8. The number of hydrogen-bond donors (Lipinski definition) is 13. The molecule has 0 aromatic heterocycles. The van der Waals surface area contributed by atoms with Crippen molar-refractivity contribution in [3.63, 3.8) is 0 Å². The number of nitrogens with one attached hydrogen (secondary N) is 11. The lowest BCUT2D eigenvalue weighted by molar-refractivity contribution is -0.157. The Balaban J connectivity index is 1.64. The standard InChI is InChI=1S/C75H128N14O16/c1-20-42(15)32-33-53(91)79-54(37(5)6)67(96)86-61(45(18)90)71(100)80-55(38(7)8)68(97)81-56(39(9)10)73(102)88-35-27-31-51(88)65(94)78-49(29-26-34-76)64(93)84-59(43(16)21-2)70(99)87-62-46(19)105-75(104)58(41(13)14)83-63(92)48(23-4)77-66(95)52-36-47-28-24-25-30-50(47)89(52)74(103)57(40(11)12)82-69(98)60(44(17)22-3)85-72(62)101/h23,37-47,49-52,54-62,90H,20-22,24-36,76H2,1-19H3,(H,77,95)(H,78,94)(H,79,91)(H,80,100)(H,81,97)(H,82,98)(H,83,92)(H,84,93)(H,85,101)(H,86,96)(H,87,99)/b48-23-/t42-,43-,44-,45+,46+,47-,49-,50-,51+,52-,54+,55-,56+,57+,58-,59+,60+,61-,62+/m0/s1. The van der Waals surface area contributed by atoms with Gasteiger partial charge in [0.05, 0.1) is 6.10 Å². The van der Waals surface area contributed by atoms with Crippen molar-refractivity contribution in [2.75, 3.05) is 13.1 Å². The van der Waals surface area contributed by atoms with E-state index in [1.165, 1.54) is 31.7 Å². The molecular weight excluding hydrogens is 1350 g/mol. The van der Waals surface area contributed by atoms with Gasteiger partial charge in [-0.3, -0.25) is 62.3 Å². The van der Waals surface area contributed by atoms with E-state index in [0.717, 1.165) is 25.7 Å². The third-order valence-corrected chi connectivity index (χ3v) is 21.3. The van der Waals surface area contributed by atoms with Crippen LogP contribution in [0, 0.1) is 53.3 Å². The smallest absolute Gasteiger partial charge is 0.329 e. The lowest BCUT2D eigenvalue weighted by atomic mass is 9.84. The number of nitrogens with two attached hydrogens (primary N) is 1. The summed E-state index contributed by atoms with van der Waals surface area (Å²) in [5.41, 5.74) is 5.78. The number of ether oxygens (including phenoxy) is 1. The molecule has 0 radical (unpaired) electrons. The Hall–Kier alpha value is -7.76. The predicted molar refractivity (Wildman–Crippen MR) is 394 cm³/mol. The Morgan fingerprint density at radius 1 is 0.610 bits per heavy atom. The first-order valence-corrected chi connectivity index (χ1v) is 38.5. The molecule has 4 fully saturated rings. The zero-order chi connectivity index (χ0) is 79.2. The molecule has 14 N–H and O–H groups in total. The lowest BCUT2D eigenvalue weighted by Crippen LogP contribution is -2.64. The van der Waals surface area contributed by atoms with Crippen molar-refractivity contribution in [2.24, 2.45) is 59.0 Å². The maximum atomic E-state index is 15.1. The van der Waals surface area contributed by atoms with Crippen molar-refractivity contribution in [1.82, 2.24) is 68.3 Å². The number of aliphatic hydroxyl groups excluding tert-OH is 1. The molecule has 4 rings (SSSR count). The fraction of sp³-hybridized carbons (Fsp3) is 0.787. The van der Waals surface area contributed by atoms with Gasteiger partial charge in [-0.25, -0.2) is 4.79 Å². The summed E-state index contributed by atoms with van der Waals surface area (Å²) in [6, 6.07) is -16.2. The van der Waals surface area contributed by atoms with Gasteiger partial charge in [0, 0.05) is 19.0 Å². The van der Waals surface area contributed by atoms with E-state index in [1.54, 1.807) is 102 Å². The van der Waals surface area contributed by atoms with Crippen LogP contribution >= 0.6 is 0 Å². The number of aliphatic hydroxyl groups is 1. The molecule has 3 aliphatic heterocycles. The van der Waals surface area contributed by atoms with Crippen LogP contribution in [0.15, 0.2) is 11.8 Å². The fourth-order valence-corrected chi connectivity index (χ4v) is 13.9. The van der Waals surface area contributed by atoms with E-state index in [0.29, 0.717) is 32.1 Å². The molecule has 3 heterocycles. The molecule has 0 bridgehead atoms. The Morgan fingerprint density at radius 3 is 1.72 bits per heavy atom. The van der Waals surface area contributed by atoms with Gasteiger partial charge in [0.2, 0.25) is 70.9 Å². The van der Waals surface area contributed by atoms with Gasteiger partial charge in [0.1, 0.15) is 84.3 Å². The summed E-state index contributed by atoms with van der Waals surface area (Å²) >= 11 is 0. The van der Waals surface area contributed by atoms with Gasteiger partial charge >= 0.3 is 5.97 Å². The van der Waals surface area contributed by atoms with E-state index in [4.69, 9.17) is 10.5 Å². The van der Waals surface area contributed by atoms with Crippen LogP contribution in [0.3, 0.4) is 0 Å². The third-order valence-electron chi connectivity index (χ3n) is 21.3. The topological polar surface area (TPSA) is 433 Å². The maximum absolute atomic E-state index is 15.1. The first-order chi connectivity index (χ1) is 49.3. The quantitative estimate of drug-likeness (QED) is 0.0350. The summed E-state index contributed by atoms with van der Waals surface area (Å²) in [7, 11) is 0. The number of amides is 13. The Kier molecular flexibility index (Phi) is 35.8. The fourth-order valence-electron chi connectivity index (χ4n) is 13.9. The summed E-state index contributed by atoms with van der Waals surface area (Å²) < 4.78 is 5.99. The molecule has 0 aromatic rings. The second-order valence-electron chi connectivity index (χ2n) is 31.3. The normalized spacial score (nSPS) is 25.5. The average Bonchev–Trinajstić information content (AvgIpc) is 1.64. The molecule has 3 saturated heterocycles. The van der Waals surface area contributed by atoms with Crippen LogP contribution in [0.1, 0.15) is 221 Å². The van der Waals surface area contributed by atoms with Crippen molar-refractivity contribution < 1.29 is 77.0 Å². The number of cyclic esters (lactones) is 1. The minimum absolute atomic E-state index is 0.0319. The highest BCUT2D eigenvalue weighted by Crippen LogP contribution is 2.41. The van der Waals surface area contributed by atoms with Gasteiger partial charge in [0.15, 0.2) is 0 Å². The number of nitrogens with zero attached hydrogens (tertiary/aromatic N) is 2. The number of hydrogen-bond acceptors (Lipinski definition) is 17. The number of rotatable bonds is 31. The van der Waals surface area contributed by atoms with E-state index < -0.39 is 203 Å². The van der Waals surface area contributed by atoms with Crippen molar-refractivity contribution in [3.05, 3.63) is 11.8 Å². The van der Waals surface area contributed by atoms with Gasteiger partial charge in [0.25, 0.3) is 5.91 Å². The van der Waals surface area contributed by atoms with Gasteiger partial charge in [-0.15, -0.1) is 0 Å². The lowest BCUT2D eigenvalue weighted by Gasteiger charge is -2.37. The van der Waals surface area contributed by atoms with Gasteiger partial charge in [-0.2, -0.15) is 0 Å². The van der Waals surface area contributed by atoms with Crippen LogP contribution in [0.25, 0.3) is 0 Å². The molecule has 30 heteroatoms. The highest BCUT2D eigenvalue weighted by molar-refractivity contribution is 6.03. The van der Waals surface area contributed by atoms with Crippen molar-refractivity contribution in [1.29, 1.82) is 0 Å². The van der Waals surface area contributed by atoms with Crippen LogP contribution in [0.2, 0.25) is 0 Å². The third kappa shape index (κ3) is 24.6. The molecule has 30 nitrogen and oxygen atoms in total. The average molecular weight is 1480 g/mol. The van der Waals surface area contributed by atoms with Crippen LogP contribution in [-0.4, -0.2) is 202 Å². The van der Waals surface area contributed by atoms with Crippen LogP contribution < -0.4 is 64.2 Å². The monoisotopic (exact) mass is 1480 g/mol. The molecule has 105 heavy (non-hydrogen) atoms. The van der Waals surface area contributed by atoms with E-state index in [1.807, 2.05) is 13.8 Å². The summed E-state index contributed by atoms with van der Waals surface area (Å²) in [5.74, 6) is -14.4. The zero-order valence-electron chi connectivity index (χ0n) is 65.8. The first-order valence-electron chi connectivity index (χ1n) is 38.5. The van der Waals surface area contributed by atoms with E-state index >= 15 is 14.4 Å². The van der Waals surface area contributed by atoms with E-state index in [9.17, 15) is 57.8 Å². The SMILES string of the molecule is C/C=C1\NC(=O)[C@@H]2C[C@@H]3CCCC[C@@H]3N2C(=O)[C@@H](C(C)C)NC(=O)[C@@H]([C@@H](C)CC)NC(=O)[C@H](NC(=O)[C@H](NC(=O)[C@H](CCCN)NC(=O)[C@H]2CCCN2C(=O)[C@H](NC(=O)[C@@H](NC(=O)[C@@H](NC(=O)[C@H](NC(=O)CC[C@@H](C)CC)C(C)C)[C@@H](C)O)C(C)C)C(C)C)[C@@H](C)CC)[C@@H](C)OC(=O)[C@H](C(C)C)NC1=O. The molecule has 4 aliphatic rings. The van der Waals surface area contributed by atoms with Crippen molar-refractivity contribution in [2.45, 2.75) is 312 Å². The molecule has 0 unspecified atom stereocenters. The van der Waals surface area contributed by atoms with Crippen LogP contribution in [0.4, 0.5) is 0 Å². The summed E-state index contributed by atoms with van der Waals surface area (Å²) in [6.07, 6.45) is 4.68. The number of likely N-dealkylation sites (tertiary alicyclic amines) is 1. The minimum atomic E-state index is -1.81. The Labute approximate surface area is 621 Å².